The minimum Gasteiger partial charge on any atom is -0.375 e. The molecule has 0 N–H and O–H groups in total. The first kappa shape index (κ1) is 14.6. The van der Waals surface area contributed by atoms with Crippen LogP contribution in [-0.4, -0.2) is 41.3 Å². The lowest BCUT2D eigenvalue weighted by Gasteiger charge is -2.27. The van der Waals surface area contributed by atoms with Gasteiger partial charge in [0.05, 0.1) is 18.3 Å². The maximum absolute atomic E-state index is 13.0. The molecule has 1 aromatic rings. The first-order chi connectivity index (χ1) is 9.84. The summed E-state index contributed by atoms with van der Waals surface area (Å²) < 4.78 is 45.8. The van der Waals surface area contributed by atoms with Crippen molar-refractivity contribution < 1.29 is 17.9 Å². The first-order valence-corrected chi connectivity index (χ1v) is 6.97. The third-order valence-corrected chi connectivity index (χ3v) is 4.30. The Morgan fingerprint density at radius 1 is 1.43 bits per heavy atom. The fourth-order valence-electron chi connectivity index (χ4n) is 3.16. The molecule has 21 heavy (non-hydrogen) atoms. The van der Waals surface area contributed by atoms with Crippen molar-refractivity contribution in [2.24, 2.45) is 7.05 Å². The van der Waals surface area contributed by atoms with Crippen LogP contribution in [0, 0.1) is 0 Å². The molecule has 2 aliphatic heterocycles. The first-order valence-electron chi connectivity index (χ1n) is 6.97. The van der Waals surface area contributed by atoms with Gasteiger partial charge in [0.25, 0.3) is 5.56 Å². The molecule has 1 aromatic heterocycles. The summed E-state index contributed by atoms with van der Waals surface area (Å²) in [5.74, 6) is 0. The van der Waals surface area contributed by atoms with Crippen LogP contribution in [0.25, 0.3) is 0 Å². The Kier molecular flexibility index (Phi) is 3.57. The van der Waals surface area contributed by atoms with E-state index in [1.807, 2.05) is 0 Å². The zero-order chi connectivity index (χ0) is 15.2. The lowest BCUT2D eigenvalue weighted by Crippen LogP contribution is -2.38. The number of hydrogen-bond acceptors (Lipinski definition) is 3. The lowest BCUT2D eigenvalue weighted by molar-refractivity contribution is -0.138. The average Bonchev–Trinajstić information content (AvgIpc) is 3.00. The van der Waals surface area contributed by atoms with Gasteiger partial charge >= 0.3 is 6.18 Å². The number of alkyl halides is 3. The molecular formula is C14H17F3N2O2. The van der Waals surface area contributed by atoms with Crippen molar-refractivity contribution in [3.63, 3.8) is 0 Å². The van der Waals surface area contributed by atoms with Gasteiger partial charge in [0.15, 0.2) is 0 Å². The van der Waals surface area contributed by atoms with Crippen molar-refractivity contribution in [3.05, 3.63) is 33.7 Å². The number of aromatic nitrogens is 1. The molecule has 0 saturated carbocycles. The van der Waals surface area contributed by atoms with Gasteiger partial charge in [-0.3, -0.25) is 9.69 Å². The van der Waals surface area contributed by atoms with Gasteiger partial charge in [-0.05, 0) is 18.4 Å². The molecule has 2 unspecified atom stereocenters. The van der Waals surface area contributed by atoms with Crippen molar-refractivity contribution in [3.8, 4) is 0 Å². The molecule has 2 bridgehead atoms. The molecule has 2 saturated heterocycles. The number of fused-ring (bicyclic) bond motifs is 2. The molecule has 0 amide bonds. The second-order valence-corrected chi connectivity index (χ2v) is 5.75. The topological polar surface area (TPSA) is 34.5 Å². The smallest absolute Gasteiger partial charge is 0.375 e. The summed E-state index contributed by atoms with van der Waals surface area (Å²) in [4.78, 5) is 13.6. The Balaban J connectivity index is 1.78. The zero-order valence-corrected chi connectivity index (χ0v) is 11.7. The van der Waals surface area contributed by atoms with Gasteiger partial charge in [-0.25, -0.2) is 0 Å². The monoisotopic (exact) mass is 302 g/mol. The highest BCUT2D eigenvalue weighted by Crippen LogP contribution is 2.32. The highest BCUT2D eigenvalue weighted by molar-refractivity contribution is 5.27. The molecule has 7 heteroatoms. The number of ether oxygens (including phenoxy) is 1. The molecule has 0 radical (unpaired) electrons. The van der Waals surface area contributed by atoms with Crippen LogP contribution in [0.1, 0.15) is 17.5 Å². The molecular weight excluding hydrogens is 285 g/mol. The van der Waals surface area contributed by atoms with Gasteiger partial charge in [0.2, 0.25) is 0 Å². The molecule has 0 aromatic carbocycles. The minimum absolute atomic E-state index is 0.174. The highest BCUT2D eigenvalue weighted by atomic mass is 19.4. The minimum atomic E-state index is -4.49. The molecule has 116 valence electrons. The zero-order valence-electron chi connectivity index (χ0n) is 11.7. The van der Waals surface area contributed by atoms with E-state index in [2.05, 4.69) is 4.90 Å². The normalized spacial score (nSPS) is 25.7. The Labute approximate surface area is 120 Å². The second kappa shape index (κ2) is 5.14. The van der Waals surface area contributed by atoms with Gasteiger partial charge < -0.3 is 9.30 Å². The molecule has 3 rings (SSSR count). The standard InChI is InChI=1S/C14H17F3N2O2/c1-18-6-9(12(5-13(18)20)14(15,16)17)2-3-19-7-11-4-10(19)8-21-11/h5-6,10-11H,2-4,7-8H2,1H3. The van der Waals surface area contributed by atoms with E-state index in [9.17, 15) is 18.0 Å². The number of halogens is 3. The van der Waals surface area contributed by atoms with Crippen LogP contribution in [0.3, 0.4) is 0 Å². The Bertz CT molecular complexity index is 597. The fraction of sp³-hybridized carbons (Fsp3) is 0.643. The van der Waals surface area contributed by atoms with E-state index in [1.165, 1.54) is 17.8 Å². The maximum Gasteiger partial charge on any atom is 0.416 e. The van der Waals surface area contributed by atoms with E-state index in [4.69, 9.17) is 4.74 Å². The summed E-state index contributed by atoms with van der Waals surface area (Å²) in [6.07, 6.45) is -1.70. The molecule has 4 nitrogen and oxygen atoms in total. The second-order valence-electron chi connectivity index (χ2n) is 5.75. The largest absolute Gasteiger partial charge is 0.416 e. The number of pyridine rings is 1. The SMILES string of the molecule is Cn1cc(CCN2CC3CC2CO3)c(C(F)(F)F)cc1=O. The predicted molar refractivity (Wildman–Crippen MR) is 70.1 cm³/mol. The number of hydrogen-bond donors (Lipinski definition) is 0. The van der Waals surface area contributed by atoms with E-state index in [0.717, 1.165) is 13.0 Å². The van der Waals surface area contributed by atoms with Crippen molar-refractivity contribution in [2.45, 2.75) is 31.2 Å². The molecule has 0 spiro atoms. The van der Waals surface area contributed by atoms with Gasteiger partial charge in [-0.15, -0.1) is 0 Å². The Morgan fingerprint density at radius 2 is 2.19 bits per heavy atom. The summed E-state index contributed by atoms with van der Waals surface area (Å²) in [5.41, 5.74) is -1.28. The molecule has 2 fully saturated rings. The van der Waals surface area contributed by atoms with Crippen LogP contribution < -0.4 is 5.56 Å². The molecule has 2 aliphatic rings. The third kappa shape index (κ3) is 2.85. The maximum atomic E-state index is 13.0. The van der Waals surface area contributed by atoms with E-state index in [0.29, 0.717) is 25.3 Å². The summed E-state index contributed by atoms with van der Waals surface area (Å²) in [6, 6.07) is 1.02. The van der Waals surface area contributed by atoms with Crippen LogP contribution in [0.4, 0.5) is 13.2 Å². The summed E-state index contributed by atoms with van der Waals surface area (Å²) in [6.45, 7) is 2.02. The van der Waals surface area contributed by atoms with E-state index in [1.54, 1.807) is 0 Å². The van der Waals surface area contributed by atoms with Crippen LogP contribution in [0.15, 0.2) is 17.1 Å². The van der Waals surface area contributed by atoms with Gasteiger partial charge in [0, 0.05) is 38.4 Å². The van der Waals surface area contributed by atoms with Crippen LogP contribution >= 0.6 is 0 Å². The van der Waals surface area contributed by atoms with Crippen molar-refractivity contribution in [2.75, 3.05) is 19.7 Å². The number of morpholine rings is 1. The molecule has 3 heterocycles. The van der Waals surface area contributed by atoms with Crippen molar-refractivity contribution >= 4 is 0 Å². The highest BCUT2D eigenvalue weighted by Gasteiger charge is 2.39. The Morgan fingerprint density at radius 3 is 2.76 bits per heavy atom. The van der Waals surface area contributed by atoms with Crippen LogP contribution in [0.2, 0.25) is 0 Å². The van der Waals surface area contributed by atoms with E-state index in [-0.39, 0.29) is 18.1 Å². The number of rotatable bonds is 3. The van der Waals surface area contributed by atoms with E-state index >= 15 is 0 Å². The van der Waals surface area contributed by atoms with Gasteiger partial charge in [-0.1, -0.05) is 0 Å². The van der Waals surface area contributed by atoms with Crippen LogP contribution in [-0.2, 0) is 24.4 Å². The fourth-order valence-corrected chi connectivity index (χ4v) is 3.16. The number of nitrogens with zero attached hydrogens (tertiary/aromatic N) is 2. The number of likely N-dealkylation sites (tertiary alicyclic amines) is 1. The quantitative estimate of drug-likeness (QED) is 0.847. The van der Waals surface area contributed by atoms with Crippen LogP contribution in [0.5, 0.6) is 0 Å². The summed E-state index contributed by atoms with van der Waals surface area (Å²) >= 11 is 0. The molecule has 0 aliphatic carbocycles. The predicted octanol–water partition coefficient (Wildman–Crippen LogP) is 1.42. The Hall–Kier alpha value is -1.34. The summed E-state index contributed by atoms with van der Waals surface area (Å²) in [5, 5.41) is 0. The average molecular weight is 302 g/mol. The lowest BCUT2D eigenvalue weighted by atomic mass is 10.1. The van der Waals surface area contributed by atoms with Gasteiger partial charge in [-0.2, -0.15) is 13.2 Å². The number of aryl methyl sites for hydroxylation is 1. The van der Waals surface area contributed by atoms with Gasteiger partial charge in [0.1, 0.15) is 0 Å². The summed E-state index contributed by atoms with van der Waals surface area (Å²) in [7, 11) is 1.47. The van der Waals surface area contributed by atoms with Crippen molar-refractivity contribution in [1.82, 2.24) is 9.47 Å². The molecule has 2 atom stereocenters. The van der Waals surface area contributed by atoms with Crippen molar-refractivity contribution in [1.29, 1.82) is 0 Å². The third-order valence-electron chi connectivity index (χ3n) is 4.30. The van der Waals surface area contributed by atoms with E-state index < -0.39 is 17.3 Å².